The second kappa shape index (κ2) is 10.3. The normalized spacial score (nSPS) is 16.6. The molecule has 0 nitrogen and oxygen atoms in total. The number of rotatable bonds is 3. The van der Waals surface area contributed by atoms with Crippen LogP contribution in [0, 0.1) is 5.92 Å². The van der Waals surface area contributed by atoms with Gasteiger partial charge in [-0.25, -0.2) is 0 Å². The van der Waals surface area contributed by atoms with Crippen LogP contribution in [0.2, 0.25) is 0 Å². The fourth-order valence-corrected chi connectivity index (χ4v) is 1.79. The molecule has 4 heteroatoms. The summed E-state index contributed by atoms with van der Waals surface area (Å²) < 4.78 is 0. The average Bonchev–Trinajstić information content (AvgIpc) is 2.51. The Kier molecular flexibility index (Phi) is 11.7. The van der Waals surface area contributed by atoms with Gasteiger partial charge >= 0.3 is 43.7 Å². The van der Waals surface area contributed by atoms with Gasteiger partial charge < -0.3 is 0 Å². The number of hydrogen-bond donors (Lipinski definition) is 0. The molecule has 79 valence electrons. The summed E-state index contributed by atoms with van der Waals surface area (Å²) in [5.74, 6) is 1.12. The molecule has 1 saturated carbocycles. The second-order valence-electron chi connectivity index (χ2n) is 3.51. The van der Waals surface area contributed by atoms with E-state index in [0.29, 0.717) is 0 Å². The van der Waals surface area contributed by atoms with Crippen molar-refractivity contribution in [3.63, 3.8) is 0 Å². The zero-order chi connectivity index (χ0) is 10.1. The van der Waals surface area contributed by atoms with Gasteiger partial charge in [0.2, 0.25) is 0 Å². The standard InChI is InChI=1S/C9H18.3ClH.Zr/c1-2-3-6-9-7-4-5-8-9;;;;/h9H,2-8H2,1H3;3*1H;/q;;;;+3/p-3. The van der Waals surface area contributed by atoms with Crippen LogP contribution in [0.15, 0.2) is 0 Å². The Morgan fingerprint density at radius 2 is 1.62 bits per heavy atom. The Balaban J connectivity index is 0.000000310. The molecule has 0 atom stereocenters. The molecule has 1 fully saturated rings. The summed E-state index contributed by atoms with van der Waals surface area (Å²) in [7, 11) is 15.0. The third kappa shape index (κ3) is 11.7. The van der Waals surface area contributed by atoms with Gasteiger partial charge in [0, 0.05) is 0 Å². The summed E-state index contributed by atoms with van der Waals surface area (Å²) >= 11 is -2.13. The summed E-state index contributed by atoms with van der Waals surface area (Å²) in [6.45, 7) is 2.29. The van der Waals surface area contributed by atoms with Crippen LogP contribution in [0.1, 0.15) is 51.9 Å². The third-order valence-electron chi connectivity index (χ3n) is 2.44. The quantitative estimate of drug-likeness (QED) is 0.649. The molecule has 1 aliphatic rings. The molecular formula is C9H18Cl3Zr. The summed E-state index contributed by atoms with van der Waals surface area (Å²) in [6, 6.07) is 0. The van der Waals surface area contributed by atoms with Crippen LogP contribution < -0.4 is 0 Å². The molecule has 0 radical (unpaired) electrons. The zero-order valence-electron chi connectivity index (χ0n) is 8.16. The predicted molar refractivity (Wildman–Crippen MR) is 59.0 cm³/mol. The van der Waals surface area contributed by atoms with Crippen LogP contribution in [-0.4, -0.2) is 0 Å². The molecule has 1 rings (SSSR count). The van der Waals surface area contributed by atoms with Crippen molar-refractivity contribution in [2.24, 2.45) is 5.92 Å². The number of halogens is 3. The van der Waals surface area contributed by atoms with E-state index in [1.54, 1.807) is 0 Å². The maximum atomic E-state index is 5.00. The molecule has 0 heterocycles. The second-order valence-corrected chi connectivity index (χ2v) is 14.7. The van der Waals surface area contributed by atoms with Gasteiger partial charge in [-0.3, -0.25) is 0 Å². The van der Waals surface area contributed by atoms with E-state index in [2.05, 4.69) is 6.92 Å². The topological polar surface area (TPSA) is 0 Å². The molecule has 0 aliphatic heterocycles. The molecule has 0 saturated heterocycles. The Bertz CT molecular complexity index is 100. The van der Waals surface area contributed by atoms with Gasteiger partial charge in [-0.15, -0.1) is 0 Å². The van der Waals surface area contributed by atoms with Crippen LogP contribution >= 0.6 is 25.5 Å². The van der Waals surface area contributed by atoms with Crippen molar-refractivity contribution in [1.82, 2.24) is 0 Å². The van der Waals surface area contributed by atoms with E-state index in [1.807, 2.05) is 0 Å². The summed E-state index contributed by atoms with van der Waals surface area (Å²) in [5.41, 5.74) is 0. The Morgan fingerprint density at radius 1 is 1.15 bits per heavy atom. The fourth-order valence-electron chi connectivity index (χ4n) is 1.79. The van der Waals surface area contributed by atoms with E-state index in [4.69, 9.17) is 25.5 Å². The molecule has 1 aliphatic carbocycles. The van der Waals surface area contributed by atoms with Crippen LogP contribution in [0.3, 0.4) is 0 Å². The van der Waals surface area contributed by atoms with Gasteiger partial charge in [-0.05, 0) is 5.92 Å². The molecule has 0 aromatic carbocycles. The summed E-state index contributed by atoms with van der Waals surface area (Å²) in [5, 5.41) is 0. The van der Waals surface area contributed by atoms with Crippen molar-refractivity contribution >= 4 is 25.5 Å². The van der Waals surface area contributed by atoms with Gasteiger partial charge in [-0.1, -0.05) is 51.9 Å². The van der Waals surface area contributed by atoms with Crippen molar-refractivity contribution in [2.75, 3.05) is 0 Å². The van der Waals surface area contributed by atoms with E-state index < -0.39 is 18.2 Å². The van der Waals surface area contributed by atoms with Gasteiger partial charge in [0.15, 0.2) is 0 Å². The molecule has 0 N–H and O–H groups in total. The first-order valence-electron chi connectivity index (χ1n) is 5.00. The van der Waals surface area contributed by atoms with Crippen molar-refractivity contribution in [2.45, 2.75) is 51.9 Å². The molecule has 0 unspecified atom stereocenters. The van der Waals surface area contributed by atoms with E-state index >= 15 is 0 Å². The van der Waals surface area contributed by atoms with Crippen molar-refractivity contribution in [3.8, 4) is 0 Å². The van der Waals surface area contributed by atoms with Crippen LogP contribution in [0.25, 0.3) is 0 Å². The zero-order valence-corrected chi connectivity index (χ0v) is 12.9. The SMILES string of the molecule is CCCCC1CCCC1.[Cl][Zr]([Cl])[Cl]. The van der Waals surface area contributed by atoms with E-state index in [9.17, 15) is 0 Å². The van der Waals surface area contributed by atoms with Gasteiger partial charge in [0.25, 0.3) is 0 Å². The van der Waals surface area contributed by atoms with Gasteiger partial charge in [-0.2, -0.15) is 0 Å². The summed E-state index contributed by atoms with van der Waals surface area (Å²) in [6.07, 6.45) is 10.4. The molecule has 13 heavy (non-hydrogen) atoms. The van der Waals surface area contributed by atoms with Crippen LogP contribution in [-0.2, 0) is 18.2 Å². The van der Waals surface area contributed by atoms with E-state index in [-0.39, 0.29) is 0 Å². The summed E-state index contributed by atoms with van der Waals surface area (Å²) in [4.78, 5) is 0. The molecule has 0 bridgehead atoms. The Labute approximate surface area is 101 Å². The Hall–Kier alpha value is 1.75. The minimum atomic E-state index is -2.13. The first-order valence-corrected chi connectivity index (χ1v) is 14.5. The monoisotopic (exact) mass is 321 g/mol. The van der Waals surface area contributed by atoms with Crippen molar-refractivity contribution in [1.29, 1.82) is 0 Å². The minimum absolute atomic E-state index is 1.12. The van der Waals surface area contributed by atoms with Crippen LogP contribution in [0.5, 0.6) is 0 Å². The molecule has 0 spiro atoms. The fraction of sp³-hybridized carbons (Fsp3) is 1.00. The van der Waals surface area contributed by atoms with Crippen molar-refractivity contribution < 1.29 is 18.2 Å². The Morgan fingerprint density at radius 3 is 2.00 bits per heavy atom. The number of hydrogen-bond acceptors (Lipinski definition) is 0. The predicted octanol–water partition coefficient (Wildman–Crippen LogP) is 5.43. The van der Waals surface area contributed by atoms with Crippen molar-refractivity contribution in [3.05, 3.63) is 0 Å². The number of unbranched alkanes of at least 4 members (excludes halogenated alkanes) is 1. The molecule has 0 aromatic heterocycles. The first kappa shape index (κ1) is 14.8. The molecule has 0 aromatic rings. The average molecular weight is 324 g/mol. The maximum absolute atomic E-state index is 5.00. The van der Waals surface area contributed by atoms with Gasteiger partial charge in [0.05, 0.1) is 0 Å². The third-order valence-corrected chi connectivity index (χ3v) is 2.44. The van der Waals surface area contributed by atoms with E-state index in [1.165, 1.54) is 44.9 Å². The van der Waals surface area contributed by atoms with E-state index in [0.717, 1.165) is 5.92 Å². The van der Waals surface area contributed by atoms with Crippen LogP contribution in [0.4, 0.5) is 0 Å². The molecular weight excluding hydrogens is 306 g/mol. The molecule has 0 amide bonds. The first-order chi connectivity index (χ1) is 6.16. The van der Waals surface area contributed by atoms with Gasteiger partial charge in [0.1, 0.15) is 0 Å².